The van der Waals surface area contributed by atoms with E-state index >= 15 is 0 Å². The summed E-state index contributed by atoms with van der Waals surface area (Å²) < 4.78 is 75.6. The van der Waals surface area contributed by atoms with E-state index in [1.165, 1.54) is 10.9 Å². The average Bonchev–Trinajstić information content (AvgIpc) is 2.79. The minimum atomic E-state index is -4.84. The van der Waals surface area contributed by atoms with Gasteiger partial charge in [-0.2, -0.15) is 26.3 Å². The van der Waals surface area contributed by atoms with E-state index in [0.29, 0.717) is 12.1 Å². The monoisotopic (exact) mass is 297 g/mol. The molecule has 1 heterocycles. The van der Waals surface area contributed by atoms with Crippen molar-refractivity contribution in [3.63, 3.8) is 0 Å². The third kappa shape index (κ3) is 3.06. The minimum Gasteiger partial charge on any atom is -0.245 e. The molecule has 0 spiro atoms. The quantitative estimate of drug-likeness (QED) is 0.686. The predicted molar refractivity (Wildman–Crippen MR) is 57.6 cm³/mol. The summed E-state index contributed by atoms with van der Waals surface area (Å²) in [5, 5.41) is 1.38. The number of halogens is 6. The zero-order chi connectivity index (χ0) is 14.3. The molecule has 2 aromatic rings. The summed E-state index contributed by atoms with van der Waals surface area (Å²) >= 11 is 1.09. The highest BCUT2D eigenvalue weighted by molar-refractivity contribution is 7.07. The lowest BCUT2D eigenvalue weighted by Crippen LogP contribution is -2.11. The molecule has 0 fully saturated rings. The Hall–Kier alpha value is -1.57. The maximum Gasteiger partial charge on any atom is 0.416 e. The Labute approximate surface area is 107 Å². The standard InChI is InChI=1S/C11H5F6NS/c12-10(13,14)7-1-6(9-4-19-5-18-9)2-8(3-7)11(15,16)17/h1-5H. The summed E-state index contributed by atoms with van der Waals surface area (Å²) in [6, 6.07) is 1.41. The number of thiazole rings is 1. The fourth-order valence-corrected chi connectivity index (χ4v) is 2.02. The van der Waals surface area contributed by atoms with Gasteiger partial charge in [-0.15, -0.1) is 11.3 Å². The van der Waals surface area contributed by atoms with Crippen molar-refractivity contribution < 1.29 is 26.3 Å². The van der Waals surface area contributed by atoms with Gasteiger partial charge in [0.05, 0.1) is 22.3 Å². The van der Waals surface area contributed by atoms with Crippen molar-refractivity contribution in [2.75, 3.05) is 0 Å². The normalized spacial score (nSPS) is 12.7. The molecule has 0 amide bonds. The summed E-state index contributed by atoms with van der Waals surface area (Å²) in [6.07, 6.45) is -9.68. The third-order valence-electron chi connectivity index (χ3n) is 2.32. The van der Waals surface area contributed by atoms with E-state index in [4.69, 9.17) is 0 Å². The number of hydrogen-bond acceptors (Lipinski definition) is 2. The maximum atomic E-state index is 12.6. The molecule has 19 heavy (non-hydrogen) atoms. The zero-order valence-electron chi connectivity index (χ0n) is 9.01. The summed E-state index contributed by atoms with van der Waals surface area (Å²) in [7, 11) is 0. The lowest BCUT2D eigenvalue weighted by atomic mass is 10.0. The van der Waals surface area contributed by atoms with E-state index in [-0.39, 0.29) is 17.3 Å². The molecule has 0 N–H and O–H groups in total. The van der Waals surface area contributed by atoms with Crippen molar-refractivity contribution in [3.05, 3.63) is 40.2 Å². The second-order valence-corrected chi connectivity index (χ2v) is 4.39. The molecule has 0 aliphatic heterocycles. The van der Waals surface area contributed by atoms with Crippen molar-refractivity contribution in [1.82, 2.24) is 4.98 Å². The van der Waals surface area contributed by atoms with Crippen LogP contribution in [0.25, 0.3) is 11.3 Å². The number of benzene rings is 1. The van der Waals surface area contributed by atoms with Crippen LogP contribution in [0.4, 0.5) is 26.3 Å². The lowest BCUT2D eigenvalue weighted by molar-refractivity contribution is -0.143. The van der Waals surface area contributed by atoms with Crippen LogP contribution in [0.2, 0.25) is 0 Å². The van der Waals surface area contributed by atoms with Crippen molar-refractivity contribution >= 4 is 11.3 Å². The molecule has 1 nitrogen and oxygen atoms in total. The number of aromatic nitrogens is 1. The van der Waals surface area contributed by atoms with Crippen LogP contribution in [-0.4, -0.2) is 4.98 Å². The highest BCUT2D eigenvalue weighted by Crippen LogP contribution is 2.38. The molecule has 0 aliphatic rings. The van der Waals surface area contributed by atoms with Gasteiger partial charge in [-0.05, 0) is 18.2 Å². The average molecular weight is 297 g/mol. The lowest BCUT2D eigenvalue weighted by Gasteiger charge is -2.13. The second-order valence-electron chi connectivity index (χ2n) is 3.67. The van der Waals surface area contributed by atoms with Gasteiger partial charge in [-0.25, -0.2) is 4.98 Å². The first-order chi connectivity index (χ1) is 8.68. The second kappa shape index (κ2) is 4.52. The van der Waals surface area contributed by atoms with E-state index in [9.17, 15) is 26.3 Å². The number of rotatable bonds is 1. The van der Waals surface area contributed by atoms with Crippen LogP contribution >= 0.6 is 11.3 Å². The molecule has 0 saturated heterocycles. The molecule has 8 heteroatoms. The van der Waals surface area contributed by atoms with Gasteiger partial charge in [0, 0.05) is 10.9 Å². The van der Waals surface area contributed by atoms with Crippen molar-refractivity contribution in [2.24, 2.45) is 0 Å². The Morgan fingerprint density at radius 1 is 0.842 bits per heavy atom. The van der Waals surface area contributed by atoms with Crippen LogP contribution < -0.4 is 0 Å². The van der Waals surface area contributed by atoms with Gasteiger partial charge in [-0.1, -0.05) is 0 Å². The molecule has 1 aromatic carbocycles. The van der Waals surface area contributed by atoms with Crippen LogP contribution in [0.15, 0.2) is 29.1 Å². The van der Waals surface area contributed by atoms with E-state index in [1.807, 2.05) is 0 Å². The van der Waals surface area contributed by atoms with Crippen LogP contribution in [-0.2, 0) is 12.4 Å². The van der Waals surface area contributed by atoms with Crippen LogP contribution in [0, 0.1) is 0 Å². The first kappa shape index (κ1) is 13.9. The summed E-state index contributed by atoms with van der Waals surface area (Å²) in [5.74, 6) is 0. The van der Waals surface area contributed by atoms with Gasteiger partial charge in [0.1, 0.15) is 0 Å². The fraction of sp³-hybridized carbons (Fsp3) is 0.182. The van der Waals surface area contributed by atoms with E-state index in [1.54, 1.807) is 0 Å². The summed E-state index contributed by atoms with van der Waals surface area (Å²) in [5.41, 5.74) is -1.47. The Morgan fingerprint density at radius 3 is 1.74 bits per heavy atom. The predicted octanol–water partition coefficient (Wildman–Crippen LogP) is 4.85. The molecule has 0 bridgehead atoms. The highest BCUT2D eigenvalue weighted by atomic mass is 32.1. The van der Waals surface area contributed by atoms with Gasteiger partial charge in [-0.3, -0.25) is 0 Å². The molecular weight excluding hydrogens is 292 g/mol. The smallest absolute Gasteiger partial charge is 0.245 e. The van der Waals surface area contributed by atoms with Crippen molar-refractivity contribution in [2.45, 2.75) is 12.4 Å². The van der Waals surface area contributed by atoms with E-state index < -0.39 is 23.5 Å². The number of nitrogens with zero attached hydrogens (tertiary/aromatic N) is 1. The molecule has 0 saturated carbocycles. The van der Waals surface area contributed by atoms with Gasteiger partial charge < -0.3 is 0 Å². The van der Waals surface area contributed by atoms with Gasteiger partial charge >= 0.3 is 12.4 Å². The largest absolute Gasteiger partial charge is 0.416 e. The number of alkyl halides is 6. The molecular formula is C11H5F6NS. The van der Waals surface area contributed by atoms with Crippen molar-refractivity contribution in [3.8, 4) is 11.3 Å². The van der Waals surface area contributed by atoms with Crippen molar-refractivity contribution in [1.29, 1.82) is 0 Å². The molecule has 0 atom stereocenters. The fourth-order valence-electron chi connectivity index (χ4n) is 1.46. The Bertz CT molecular complexity index is 538. The zero-order valence-corrected chi connectivity index (χ0v) is 9.83. The Morgan fingerprint density at radius 2 is 1.37 bits per heavy atom. The van der Waals surface area contributed by atoms with Gasteiger partial charge in [0.15, 0.2) is 0 Å². The van der Waals surface area contributed by atoms with Crippen LogP contribution in [0.5, 0.6) is 0 Å². The van der Waals surface area contributed by atoms with Crippen LogP contribution in [0.3, 0.4) is 0 Å². The molecule has 0 radical (unpaired) electrons. The minimum absolute atomic E-state index is 0.0848. The first-order valence-electron chi connectivity index (χ1n) is 4.86. The first-order valence-corrected chi connectivity index (χ1v) is 5.80. The highest BCUT2D eigenvalue weighted by Gasteiger charge is 2.37. The van der Waals surface area contributed by atoms with Gasteiger partial charge in [0.25, 0.3) is 0 Å². The molecule has 2 rings (SSSR count). The molecule has 0 aliphatic carbocycles. The maximum absolute atomic E-state index is 12.6. The third-order valence-corrected chi connectivity index (χ3v) is 2.90. The van der Waals surface area contributed by atoms with Gasteiger partial charge in [0.2, 0.25) is 0 Å². The summed E-state index contributed by atoms with van der Waals surface area (Å²) in [4.78, 5) is 3.72. The Kier molecular flexibility index (Phi) is 3.29. The molecule has 0 unspecified atom stereocenters. The molecule has 102 valence electrons. The molecule has 1 aromatic heterocycles. The SMILES string of the molecule is FC(F)(F)c1cc(-c2cscn2)cc(C(F)(F)F)c1. The van der Waals surface area contributed by atoms with E-state index in [0.717, 1.165) is 11.3 Å². The van der Waals surface area contributed by atoms with Crippen LogP contribution in [0.1, 0.15) is 11.1 Å². The number of hydrogen-bond donors (Lipinski definition) is 0. The Balaban J connectivity index is 2.62. The topological polar surface area (TPSA) is 12.9 Å². The summed E-state index contributed by atoms with van der Waals surface area (Å²) in [6.45, 7) is 0. The van der Waals surface area contributed by atoms with E-state index in [2.05, 4.69) is 4.98 Å².